The molecular formula is C16H27BrN2S. The Balaban J connectivity index is 2.02. The van der Waals surface area contributed by atoms with Gasteiger partial charge >= 0.3 is 0 Å². The van der Waals surface area contributed by atoms with Gasteiger partial charge in [0, 0.05) is 36.6 Å². The van der Waals surface area contributed by atoms with E-state index in [1.807, 2.05) is 11.3 Å². The number of rotatable bonds is 5. The molecule has 0 radical (unpaired) electrons. The zero-order valence-electron chi connectivity index (χ0n) is 13.0. The molecule has 20 heavy (non-hydrogen) atoms. The number of piperazine rings is 1. The van der Waals surface area contributed by atoms with E-state index in [1.54, 1.807) is 0 Å². The van der Waals surface area contributed by atoms with Crippen LogP contribution in [-0.2, 0) is 6.54 Å². The highest BCUT2D eigenvalue weighted by molar-refractivity contribution is 9.11. The van der Waals surface area contributed by atoms with E-state index in [-0.39, 0.29) is 0 Å². The average Bonchev–Trinajstić information content (AvgIpc) is 2.73. The molecule has 2 heterocycles. The van der Waals surface area contributed by atoms with Crippen molar-refractivity contribution in [1.29, 1.82) is 0 Å². The van der Waals surface area contributed by atoms with Gasteiger partial charge in [-0.1, -0.05) is 27.7 Å². The second kappa shape index (κ2) is 7.39. The molecule has 0 saturated carbocycles. The third kappa shape index (κ3) is 4.55. The molecule has 1 aromatic rings. The maximum atomic E-state index is 3.76. The molecule has 1 aliphatic rings. The van der Waals surface area contributed by atoms with Crippen molar-refractivity contribution in [1.82, 2.24) is 10.2 Å². The van der Waals surface area contributed by atoms with Crippen LogP contribution in [0.2, 0.25) is 0 Å². The SMILES string of the molecule is CC(C)CC1CN(Cc2ccc(Br)s2)C(C(C)C)CN1. The second-order valence-electron chi connectivity index (χ2n) is 6.68. The molecule has 1 aromatic heterocycles. The highest BCUT2D eigenvalue weighted by Crippen LogP contribution is 2.26. The molecule has 0 aliphatic carbocycles. The van der Waals surface area contributed by atoms with E-state index in [1.165, 1.54) is 21.6 Å². The lowest BCUT2D eigenvalue weighted by Crippen LogP contribution is -2.57. The van der Waals surface area contributed by atoms with Crippen molar-refractivity contribution >= 4 is 27.3 Å². The van der Waals surface area contributed by atoms with Gasteiger partial charge in [0.1, 0.15) is 0 Å². The van der Waals surface area contributed by atoms with E-state index < -0.39 is 0 Å². The van der Waals surface area contributed by atoms with Crippen LogP contribution in [0.3, 0.4) is 0 Å². The van der Waals surface area contributed by atoms with Crippen LogP contribution in [0.15, 0.2) is 15.9 Å². The van der Waals surface area contributed by atoms with Gasteiger partial charge in [-0.2, -0.15) is 0 Å². The first-order valence-corrected chi connectivity index (χ1v) is 9.28. The van der Waals surface area contributed by atoms with Crippen molar-refractivity contribution in [2.45, 2.75) is 52.7 Å². The summed E-state index contributed by atoms with van der Waals surface area (Å²) in [5.74, 6) is 1.46. The first-order chi connectivity index (χ1) is 9.45. The van der Waals surface area contributed by atoms with Crippen LogP contribution in [0.4, 0.5) is 0 Å². The van der Waals surface area contributed by atoms with Gasteiger partial charge < -0.3 is 5.32 Å². The lowest BCUT2D eigenvalue weighted by molar-refractivity contribution is 0.0862. The van der Waals surface area contributed by atoms with Gasteiger partial charge in [-0.25, -0.2) is 0 Å². The minimum absolute atomic E-state index is 0.647. The molecule has 0 amide bonds. The Morgan fingerprint density at radius 3 is 2.65 bits per heavy atom. The summed E-state index contributed by atoms with van der Waals surface area (Å²) in [5.41, 5.74) is 0. The Kier molecular flexibility index (Phi) is 6.09. The molecule has 1 N–H and O–H groups in total. The topological polar surface area (TPSA) is 15.3 Å². The van der Waals surface area contributed by atoms with Crippen LogP contribution in [0.1, 0.15) is 39.0 Å². The number of nitrogens with zero attached hydrogens (tertiary/aromatic N) is 1. The number of thiophene rings is 1. The first kappa shape index (κ1) is 16.5. The van der Waals surface area contributed by atoms with Gasteiger partial charge in [0.15, 0.2) is 0 Å². The summed E-state index contributed by atoms with van der Waals surface area (Å²) in [4.78, 5) is 4.15. The summed E-state index contributed by atoms with van der Waals surface area (Å²) in [6.07, 6.45) is 1.27. The predicted molar refractivity (Wildman–Crippen MR) is 92.3 cm³/mol. The van der Waals surface area contributed by atoms with Gasteiger partial charge in [-0.3, -0.25) is 4.90 Å². The highest BCUT2D eigenvalue weighted by atomic mass is 79.9. The maximum absolute atomic E-state index is 3.76. The molecule has 1 aliphatic heterocycles. The van der Waals surface area contributed by atoms with Crippen molar-refractivity contribution in [2.24, 2.45) is 11.8 Å². The predicted octanol–water partition coefficient (Wildman–Crippen LogP) is 4.36. The van der Waals surface area contributed by atoms with Gasteiger partial charge in [0.25, 0.3) is 0 Å². The monoisotopic (exact) mass is 358 g/mol. The molecule has 1 fully saturated rings. The van der Waals surface area contributed by atoms with Crippen LogP contribution in [0, 0.1) is 11.8 Å². The molecule has 0 bridgehead atoms. The molecule has 0 spiro atoms. The third-order valence-electron chi connectivity index (χ3n) is 4.05. The molecule has 0 aromatic carbocycles. The Bertz CT molecular complexity index is 416. The van der Waals surface area contributed by atoms with Gasteiger partial charge in [-0.15, -0.1) is 11.3 Å². The Morgan fingerprint density at radius 2 is 2.10 bits per heavy atom. The fourth-order valence-corrected chi connectivity index (χ4v) is 4.61. The second-order valence-corrected chi connectivity index (χ2v) is 9.23. The Morgan fingerprint density at radius 1 is 1.35 bits per heavy atom. The van der Waals surface area contributed by atoms with Crippen LogP contribution in [0.5, 0.6) is 0 Å². The molecule has 1 saturated heterocycles. The Labute approximate surface area is 136 Å². The normalized spacial score (nSPS) is 24.8. The number of hydrogen-bond donors (Lipinski definition) is 1. The van der Waals surface area contributed by atoms with Gasteiger partial charge in [-0.05, 0) is 46.3 Å². The minimum Gasteiger partial charge on any atom is -0.311 e. The average molecular weight is 359 g/mol. The van der Waals surface area contributed by atoms with E-state index in [2.05, 4.69) is 66.0 Å². The molecule has 2 nitrogen and oxygen atoms in total. The summed E-state index contributed by atoms with van der Waals surface area (Å²) in [6, 6.07) is 5.72. The van der Waals surface area contributed by atoms with Crippen molar-refractivity contribution in [3.05, 3.63) is 20.8 Å². The van der Waals surface area contributed by atoms with Crippen molar-refractivity contribution in [2.75, 3.05) is 13.1 Å². The highest BCUT2D eigenvalue weighted by Gasteiger charge is 2.30. The standard InChI is InChI=1S/C16H27BrN2S/c1-11(2)7-13-9-19(15(8-18-13)12(3)4)10-14-5-6-16(17)20-14/h5-6,11-13,15,18H,7-10H2,1-4H3. The van der Waals surface area contributed by atoms with Crippen molar-refractivity contribution < 1.29 is 0 Å². The summed E-state index contributed by atoms with van der Waals surface area (Å²) < 4.78 is 1.24. The van der Waals surface area contributed by atoms with E-state index in [9.17, 15) is 0 Å². The van der Waals surface area contributed by atoms with Gasteiger partial charge in [0.05, 0.1) is 3.79 Å². The first-order valence-electron chi connectivity index (χ1n) is 7.67. The quantitative estimate of drug-likeness (QED) is 0.841. The lowest BCUT2D eigenvalue weighted by Gasteiger charge is -2.42. The number of nitrogens with one attached hydrogen (secondary N) is 1. The van der Waals surface area contributed by atoms with Crippen LogP contribution < -0.4 is 5.32 Å². The Hall–Kier alpha value is 0.1000. The van der Waals surface area contributed by atoms with Crippen molar-refractivity contribution in [3.63, 3.8) is 0 Å². The van der Waals surface area contributed by atoms with Crippen molar-refractivity contribution in [3.8, 4) is 0 Å². The van der Waals surface area contributed by atoms with Gasteiger partial charge in [0.2, 0.25) is 0 Å². The summed E-state index contributed by atoms with van der Waals surface area (Å²) in [7, 11) is 0. The number of hydrogen-bond acceptors (Lipinski definition) is 3. The zero-order valence-corrected chi connectivity index (χ0v) is 15.4. The molecule has 114 valence electrons. The molecule has 2 atom stereocenters. The van der Waals surface area contributed by atoms with E-state index in [4.69, 9.17) is 0 Å². The third-order valence-corrected chi connectivity index (χ3v) is 5.66. The minimum atomic E-state index is 0.647. The van der Waals surface area contributed by atoms with Crippen LogP contribution >= 0.6 is 27.3 Å². The number of halogens is 1. The van der Waals surface area contributed by atoms with E-state index in [0.29, 0.717) is 18.0 Å². The molecular weight excluding hydrogens is 332 g/mol. The molecule has 4 heteroatoms. The zero-order chi connectivity index (χ0) is 14.7. The van der Waals surface area contributed by atoms with Crippen LogP contribution in [0.25, 0.3) is 0 Å². The fraction of sp³-hybridized carbons (Fsp3) is 0.750. The summed E-state index contributed by atoms with van der Waals surface area (Å²) in [5, 5.41) is 3.76. The summed E-state index contributed by atoms with van der Waals surface area (Å²) >= 11 is 5.44. The van der Waals surface area contributed by atoms with Crippen LogP contribution in [-0.4, -0.2) is 30.1 Å². The smallest absolute Gasteiger partial charge is 0.0701 e. The van der Waals surface area contributed by atoms with E-state index in [0.717, 1.165) is 19.0 Å². The molecule has 2 rings (SSSR count). The van der Waals surface area contributed by atoms with E-state index >= 15 is 0 Å². The summed E-state index contributed by atoms with van der Waals surface area (Å²) in [6.45, 7) is 12.7. The molecule has 2 unspecified atom stereocenters. The maximum Gasteiger partial charge on any atom is 0.0701 e. The largest absolute Gasteiger partial charge is 0.311 e. The lowest BCUT2D eigenvalue weighted by atomic mass is 9.95. The fourth-order valence-electron chi connectivity index (χ4n) is 3.10.